The van der Waals surface area contributed by atoms with Gasteiger partial charge < -0.3 is 5.11 Å². The van der Waals surface area contributed by atoms with Crippen LogP contribution in [0.2, 0.25) is 0 Å². The molecule has 0 aliphatic heterocycles. The zero-order valence-electron chi connectivity index (χ0n) is 10.8. The lowest BCUT2D eigenvalue weighted by molar-refractivity contribution is 0.172. The second-order valence-corrected chi connectivity index (χ2v) is 6.44. The minimum absolute atomic E-state index is 0.570. The number of halogens is 2. The third-order valence-corrected chi connectivity index (χ3v) is 4.14. The van der Waals surface area contributed by atoms with Crippen molar-refractivity contribution in [3.63, 3.8) is 0 Å². The normalized spacial score (nSPS) is 12.5. The van der Waals surface area contributed by atoms with Crippen molar-refractivity contribution >= 4 is 31.9 Å². The molecule has 4 heteroatoms. The first-order valence-electron chi connectivity index (χ1n) is 6.02. The molecule has 19 heavy (non-hydrogen) atoms. The van der Waals surface area contributed by atoms with Gasteiger partial charge in [0.1, 0.15) is 6.10 Å². The van der Waals surface area contributed by atoms with Crippen LogP contribution in [0.25, 0.3) is 0 Å². The maximum Gasteiger partial charge on any atom is 0.101 e. The molecular formula is C15H15Br2NO. The number of aliphatic hydroxyl groups excluding tert-OH is 1. The summed E-state index contributed by atoms with van der Waals surface area (Å²) in [6, 6.07) is 8.18. The summed E-state index contributed by atoms with van der Waals surface area (Å²) in [5.41, 5.74) is 4.22. The van der Waals surface area contributed by atoms with Crippen LogP contribution in [0.4, 0.5) is 0 Å². The van der Waals surface area contributed by atoms with Gasteiger partial charge >= 0.3 is 0 Å². The molecule has 0 bridgehead atoms. The molecule has 1 heterocycles. The summed E-state index contributed by atoms with van der Waals surface area (Å²) in [6.07, 6.45) is 1.66. The predicted octanol–water partition coefficient (Wildman–Crippen LogP) is 4.50. The number of hydrogen-bond acceptors (Lipinski definition) is 2. The molecule has 1 N–H and O–H groups in total. The molecular weight excluding hydrogens is 370 g/mol. The Kier molecular flexibility index (Phi) is 4.76. The number of rotatable bonds is 3. The van der Waals surface area contributed by atoms with Crippen LogP contribution in [-0.2, 0) is 6.42 Å². The Morgan fingerprint density at radius 3 is 2.63 bits per heavy atom. The van der Waals surface area contributed by atoms with E-state index in [9.17, 15) is 5.11 Å². The van der Waals surface area contributed by atoms with Gasteiger partial charge in [0.2, 0.25) is 0 Å². The molecule has 0 aliphatic rings. The Morgan fingerprint density at radius 2 is 1.95 bits per heavy atom. The average Bonchev–Trinajstić information content (AvgIpc) is 2.33. The smallest absolute Gasteiger partial charge is 0.101 e. The van der Waals surface area contributed by atoms with Gasteiger partial charge in [-0.1, -0.05) is 23.8 Å². The topological polar surface area (TPSA) is 33.1 Å². The minimum Gasteiger partial charge on any atom is -0.386 e. The van der Waals surface area contributed by atoms with E-state index in [-0.39, 0.29) is 0 Å². The SMILES string of the molecule is Cc1ccc(C)c(CC(O)c2ncc(Br)cc2Br)c1. The molecule has 0 amide bonds. The highest BCUT2D eigenvalue weighted by Gasteiger charge is 2.15. The summed E-state index contributed by atoms with van der Waals surface area (Å²) in [6.45, 7) is 4.12. The molecule has 0 fully saturated rings. The van der Waals surface area contributed by atoms with E-state index >= 15 is 0 Å². The molecule has 2 nitrogen and oxygen atoms in total. The van der Waals surface area contributed by atoms with Crippen molar-refractivity contribution < 1.29 is 5.11 Å². The Bertz CT molecular complexity index is 599. The Hall–Kier alpha value is -0.710. The van der Waals surface area contributed by atoms with Crippen molar-refractivity contribution in [3.8, 4) is 0 Å². The van der Waals surface area contributed by atoms with Gasteiger partial charge in [-0.25, -0.2) is 0 Å². The van der Waals surface area contributed by atoms with Crippen LogP contribution in [0, 0.1) is 13.8 Å². The summed E-state index contributed by atoms with van der Waals surface area (Å²) in [5.74, 6) is 0. The van der Waals surface area contributed by atoms with Crippen LogP contribution >= 0.6 is 31.9 Å². The third kappa shape index (κ3) is 3.65. The molecule has 0 radical (unpaired) electrons. The van der Waals surface area contributed by atoms with Crippen LogP contribution < -0.4 is 0 Å². The molecule has 1 aromatic heterocycles. The molecule has 0 aliphatic carbocycles. The molecule has 0 saturated carbocycles. The van der Waals surface area contributed by atoms with Gasteiger partial charge in [0.05, 0.1) is 5.69 Å². The summed E-state index contributed by atoms with van der Waals surface area (Å²) in [7, 11) is 0. The van der Waals surface area contributed by atoms with Crippen molar-refractivity contribution in [2.75, 3.05) is 0 Å². The van der Waals surface area contributed by atoms with Gasteiger partial charge in [-0.3, -0.25) is 4.98 Å². The van der Waals surface area contributed by atoms with E-state index in [1.54, 1.807) is 6.20 Å². The van der Waals surface area contributed by atoms with E-state index in [1.807, 2.05) is 6.07 Å². The lowest BCUT2D eigenvalue weighted by Crippen LogP contribution is -2.06. The van der Waals surface area contributed by atoms with Crippen molar-refractivity contribution in [2.24, 2.45) is 0 Å². The third-order valence-electron chi connectivity index (χ3n) is 3.07. The zero-order chi connectivity index (χ0) is 14.0. The summed E-state index contributed by atoms with van der Waals surface area (Å²) in [4.78, 5) is 4.28. The van der Waals surface area contributed by atoms with Crippen LogP contribution in [-0.4, -0.2) is 10.1 Å². The fraction of sp³-hybridized carbons (Fsp3) is 0.267. The first-order chi connectivity index (χ1) is 8.97. The van der Waals surface area contributed by atoms with Gasteiger partial charge in [-0.2, -0.15) is 0 Å². The zero-order valence-corrected chi connectivity index (χ0v) is 14.0. The van der Waals surface area contributed by atoms with Crippen molar-refractivity contribution in [2.45, 2.75) is 26.4 Å². The maximum atomic E-state index is 10.4. The lowest BCUT2D eigenvalue weighted by atomic mass is 9.99. The number of aliphatic hydroxyl groups is 1. The Balaban J connectivity index is 2.25. The quantitative estimate of drug-likeness (QED) is 0.844. The number of aromatic nitrogens is 1. The monoisotopic (exact) mass is 383 g/mol. The number of nitrogens with zero attached hydrogens (tertiary/aromatic N) is 1. The lowest BCUT2D eigenvalue weighted by Gasteiger charge is -2.14. The molecule has 1 unspecified atom stereocenters. The standard InChI is InChI=1S/C15H15Br2NO/c1-9-3-4-10(2)11(5-9)6-14(19)15-13(17)7-12(16)8-18-15/h3-5,7-8,14,19H,6H2,1-2H3. The van der Waals surface area contributed by atoms with Crippen molar-refractivity contribution in [1.82, 2.24) is 4.98 Å². The molecule has 0 saturated heterocycles. The van der Waals surface area contributed by atoms with Gasteiger partial charge in [0.15, 0.2) is 0 Å². The van der Waals surface area contributed by atoms with Crippen LogP contribution in [0.3, 0.4) is 0 Å². The highest BCUT2D eigenvalue weighted by Crippen LogP contribution is 2.27. The van der Waals surface area contributed by atoms with E-state index in [0.717, 1.165) is 14.5 Å². The molecule has 100 valence electrons. The molecule has 1 aromatic carbocycles. The highest BCUT2D eigenvalue weighted by molar-refractivity contribution is 9.11. The van der Waals surface area contributed by atoms with E-state index in [2.05, 4.69) is 68.9 Å². The highest BCUT2D eigenvalue weighted by atomic mass is 79.9. The van der Waals surface area contributed by atoms with Crippen molar-refractivity contribution in [3.05, 3.63) is 61.8 Å². The van der Waals surface area contributed by atoms with E-state index in [0.29, 0.717) is 12.1 Å². The van der Waals surface area contributed by atoms with Gasteiger partial charge in [0.25, 0.3) is 0 Å². The summed E-state index contributed by atoms with van der Waals surface area (Å²) < 4.78 is 1.71. The first kappa shape index (κ1) is 14.7. The summed E-state index contributed by atoms with van der Waals surface area (Å²) in [5, 5.41) is 10.4. The average molecular weight is 385 g/mol. The number of pyridine rings is 1. The maximum absolute atomic E-state index is 10.4. The fourth-order valence-electron chi connectivity index (χ4n) is 2.00. The van der Waals surface area contributed by atoms with Gasteiger partial charge in [-0.15, -0.1) is 0 Å². The molecule has 2 rings (SSSR count). The first-order valence-corrected chi connectivity index (χ1v) is 7.61. The number of benzene rings is 1. The van der Waals surface area contributed by atoms with Crippen LogP contribution in [0.15, 0.2) is 39.4 Å². The molecule has 2 aromatic rings. The van der Waals surface area contributed by atoms with E-state index in [4.69, 9.17) is 0 Å². The fourth-order valence-corrected chi connectivity index (χ4v) is 3.25. The minimum atomic E-state index is -0.608. The second kappa shape index (κ2) is 6.16. The van der Waals surface area contributed by atoms with E-state index in [1.165, 1.54) is 11.1 Å². The number of hydrogen-bond donors (Lipinski definition) is 1. The van der Waals surface area contributed by atoms with Gasteiger partial charge in [0, 0.05) is 21.6 Å². The van der Waals surface area contributed by atoms with Crippen molar-refractivity contribution in [1.29, 1.82) is 0 Å². The summed E-state index contributed by atoms with van der Waals surface area (Å²) >= 11 is 6.80. The second-order valence-electron chi connectivity index (χ2n) is 4.67. The van der Waals surface area contributed by atoms with Crippen LogP contribution in [0.1, 0.15) is 28.5 Å². The molecule has 0 spiro atoms. The predicted molar refractivity (Wildman–Crippen MR) is 84.2 cm³/mol. The Labute approximate surface area is 130 Å². The Morgan fingerprint density at radius 1 is 1.21 bits per heavy atom. The number of aryl methyl sites for hydroxylation is 2. The van der Waals surface area contributed by atoms with E-state index < -0.39 is 6.10 Å². The molecule has 1 atom stereocenters. The van der Waals surface area contributed by atoms with Gasteiger partial charge in [-0.05, 0) is 62.9 Å². The largest absolute Gasteiger partial charge is 0.386 e. The van der Waals surface area contributed by atoms with Crippen LogP contribution in [0.5, 0.6) is 0 Å².